The quantitative estimate of drug-likeness (QED) is 0.564. The predicted octanol–water partition coefficient (Wildman–Crippen LogP) is 4.17. The molecule has 0 spiro atoms. The Hall–Kier alpha value is -3.40. The highest BCUT2D eigenvalue weighted by molar-refractivity contribution is 6.08. The summed E-state index contributed by atoms with van der Waals surface area (Å²) in [6.07, 6.45) is 7.71. The fraction of sp³-hybridized carbons (Fsp3) is 0.0476. The zero-order valence-corrected chi connectivity index (χ0v) is 13.7. The van der Waals surface area contributed by atoms with Crippen molar-refractivity contribution in [3.05, 3.63) is 83.7 Å². The van der Waals surface area contributed by atoms with Crippen molar-refractivity contribution < 1.29 is 14.7 Å². The molecule has 124 valence electrons. The minimum Gasteiger partial charge on any atom is -0.478 e. The number of hydrogen-bond donors (Lipinski definition) is 1. The fourth-order valence-electron chi connectivity index (χ4n) is 2.63. The average Bonchev–Trinajstić information content (AvgIpc) is 2.97. The van der Waals surface area contributed by atoms with Crippen molar-refractivity contribution >= 4 is 34.7 Å². The number of carbonyl (C=O) groups excluding carboxylic acids is 1. The topological polar surface area (TPSA) is 59.3 Å². The summed E-state index contributed by atoms with van der Waals surface area (Å²) in [4.78, 5) is 23.0. The molecule has 0 aliphatic carbocycles. The number of ketones is 1. The standard InChI is InChI=1S/C21H17NO3/c1-22-14-15(12-19(22)9-11-21(24)25)6-10-20(23)18-8-7-16-4-2-3-5-17(16)13-18/h2-14H,1H3,(H,24,25)/b10-6+,11-9+. The number of hydrogen-bond acceptors (Lipinski definition) is 2. The molecule has 0 aliphatic heterocycles. The molecule has 0 atom stereocenters. The minimum atomic E-state index is -0.996. The Balaban J connectivity index is 1.80. The van der Waals surface area contributed by atoms with Gasteiger partial charge in [-0.3, -0.25) is 4.79 Å². The molecule has 1 heterocycles. The van der Waals surface area contributed by atoms with Crippen LogP contribution in [-0.4, -0.2) is 21.4 Å². The van der Waals surface area contributed by atoms with Gasteiger partial charge in [-0.25, -0.2) is 4.79 Å². The monoisotopic (exact) mass is 331 g/mol. The molecule has 4 heteroatoms. The molecule has 25 heavy (non-hydrogen) atoms. The molecule has 1 aromatic heterocycles. The van der Waals surface area contributed by atoms with Crippen LogP contribution in [0.15, 0.2) is 66.9 Å². The van der Waals surface area contributed by atoms with Crippen LogP contribution in [0.4, 0.5) is 0 Å². The van der Waals surface area contributed by atoms with Crippen molar-refractivity contribution in [2.24, 2.45) is 7.05 Å². The summed E-state index contributed by atoms with van der Waals surface area (Å²) in [6, 6.07) is 15.4. The van der Waals surface area contributed by atoms with E-state index >= 15 is 0 Å². The van der Waals surface area contributed by atoms with Gasteiger partial charge in [0.2, 0.25) is 0 Å². The number of allylic oxidation sites excluding steroid dienone is 1. The number of fused-ring (bicyclic) bond motifs is 1. The van der Waals surface area contributed by atoms with E-state index in [4.69, 9.17) is 5.11 Å². The molecule has 2 aromatic carbocycles. The molecule has 0 unspecified atom stereocenters. The highest BCUT2D eigenvalue weighted by Gasteiger charge is 2.04. The number of aliphatic carboxylic acids is 1. The van der Waals surface area contributed by atoms with Crippen LogP contribution in [0.2, 0.25) is 0 Å². The zero-order valence-electron chi connectivity index (χ0n) is 13.7. The van der Waals surface area contributed by atoms with Gasteiger partial charge >= 0.3 is 5.97 Å². The summed E-state index contributed by atoms with van der Waals surface area (Å²) in [6.45, 7) is 0. The van der Waals surface area contributed by atoms with Crippen molar-refractivity contribution in [1.29, 1.82) is 0 Å². The number of rotatable bonds is 5. The van der Waals surface area contributed by atoms with E-state index < -0.39 is 5.97 Å². The summed E-state index contributed by atoms with van der Waals surface area (Å²) in [7, 11) is 1.82. The van der Waals surface area contributed by atoms with Gasteiger partial charge in [-0.15, -0.1) is 0 Å². The number of benzene rings is 2. The Morgan fingerprint density at radius 1 is 0.960 bits per heavy atom. The first-order chi connectivity index (χ1) is 12.0. The van der Waals surface area contributed by atoms with Gasteiger partial charge in [0.25, 0.3) is 0 Å². The molecule has 1 N–H and O–H groups in total. The van der Waals surface area contributed by atoms with Crippen LogP contribution in [0.25, 0.3) is 22.9 Å². The van der Waals surface area contributed by atoms with Gasteiger partial charge in [0.15, 0.2) is 5.78 Å². The molecule has 0 radical (unpaired) electrons. The Morgan fingerprint density at radius 3 is 2.48 bits per heavy atom. The third kappa shape index (κ3) is 3.93. The van der Waals surface area contributed by atoms with Gasteiger partial charge in [0.05, 0.1) is 0 Å². The van der Waals surface area contributed by atoms with Gasteiger partial charge in [0.1, 0.15) is 0 Å². The maximum atomic E-state index is 12.4. The molecule has 0 saturated heterocycles. The Morgan fingerprint density at radius 2 is 1.72 bits per heavy atom. The highest BCUT2D eigenvalue weighted by Crippen LogP contribution is 2.17. The normalized spacial score (nSPS) is 11.6. The third-order valence-electron chi connectivity index (χ3n) is 3.92. The maximum Gasteiger partial charge on any atom is 0.328 e. The number of aromatic nitrogens is 1. The molecular weight excluding hydrogens is 314 g/mol. The van der Waals surface area contributed by atoms with Gasteiger partial charge in [-0.2, -0.15) is 0 Å². The zero-order chi connectivity index (χ0) is 17.8. The molecule has 4 nitrogen and oxygen atoms in total. The van der Waals surface area contributed by atoms with Crippen molar-refractivity contribution in [1.82, 2.24) is 4.57 Å². The number of carboxylic acid groups (broad SMARTS) is 1. The first kappa shape index (κ1) is 16.5. The third-order valence-corrected chi connectivity index (χ3v) is 3.92. The fourth-order valence-corrected chi connectivity index (χ4v) is 2.63. The summed E-state index contributed by atoms with van der Waals surface area (Å²) < 4.78 is 1.81. The van der Waals surface area contributed by atoms with E-state index in [1.54, 1.807) is 10.6 Å². The maximum absolute atomic E-state index is 12.4. The first-order valence-corrected chi connectivity index (χ1v) is 7.81. The lowest BCUT2D eigenvalue weighted by molar-refractivity contribution is -0.131. The minimum absolute atomic E-state index is 0.0720. The summed E-state index contributed by atoms with van der Waals surface area (Å²) >= 11 is 0. The van der Waals surface area contributed by atoms with Crippen LogP contribution in [0.3, 0.4) is 0 Å². The Labute approximate surface area is 145 Å². The lowest BCUT2D eigenvalue weighted by Crippen LogP contribution is -1.93. The second-order valence-electron chi connectivity index (χ2n) is 5.74. The molecule has 0 saturated carbocycles. The van der Waals surface area contributed by atoms with Crippen LogP contribution in [-0.2, 0) is 11.8 Å². The largest absolute Gasteiger partial charge is 0.478 e. The van der Waals surface area contributed by atoms with Crippen LogP contribution < -0.4 is 0 Å². The average molecular weight is 331 g/mol. The van der Waals surface area contributed by atoms with Gasteiger partial charge < -0.3 is 9.67 Å². The van der Waals surface area contributed by atoms with Crippen molar-refractivity contribution in [2.75, 3.05) is 0 Å². The van der Waals surface area contributed by atoms with E-state index in [0.29, 0.717) is 5.56 Å². The molecule has 0 aliphatic rings. The molecular formula is C21H17NO3. The van der Waals surface area contributed by atoms with Crippen molar-refractivity contribution in [2.45, 2.75) is 0 Å². The van der Waals surface area contributed by atoms with E-state index in [9.17, 15) is 9.59 Å². The van der Waals surface area contributed by atoms with E-state index in [2.05, 4.69) is 0 Å². The SMILES string of the molecule is Cn1cc(/C=C/C(=O)c2ccc3ccccc3c2)cc1/C=C/C(=O)O. The summed E-state index contributed by atoms with van der Waals surface area (Å²) in [5.74, 6) is -1.07. The first-order valence-electron chi connectivity index (χ1n) is 7.81. The van der Waals surface area contributed by atoms with E-state index in [0.717, 1.165) is 28.1 Å². The van der Waals surface area contributed by atoms with E-state index in [-0.39, 0.29) is 5.78 Å². The lowest BCUT2D eigenvalue weighted by atomic mass is 10.0. The van der Waals surface area contributed by atoms with Gasteiger partial charge in [-0.05, 0) is 46.7 Å². The predicted molar refractivity (Wildman–Crippen MR) is 99.4 cm³/mol. The number of carbonyl (C=O) groups is 2. The van der Waals surface area contributed by atoms with Gasteiger partial charge in [-0.1, -0.05) is 36.4 Å². The molecule has 0 fully saturated rings. The number of carboxylic acids is 1. The van der Waals surface area contributed by atoms with Crippen LogP contribution in [0, 0.1) is 0 Å². The number of aryl methyl sites for hydroxylation is 1. The number of nitrogens with zero attached hydrogens (tertiary/aromatic N) is 1. The van der Waals surface area contributed by atoms with Crippen LogP contribution >= 0.6 is 0 Å². The van der Waals surface area contributed by atoms with Crippen LogP contribution in [0.1, 0.15) is 21.6 Å². The van der Waals surface area contributed by atoms with Crippen LogP contribution in [0.5, 0.6) is 0 Å². The van der Waals surface area contributed by atoms with Crippen molar-refractivity contribution in [3.8, 4) is 0 Å². The highest BCUT2D eigenvalue weighted by atomic mass is 16.4. The Kier molecular flexibility index (Phi) is 4.61. The second-order valence-corrected chi connectivity index (χ2v) is 5.74. The summed E-state index contributed by atoms with van der Waals surface area (Å²) in [5, 5.41) is 10.8. The Bertz CT molecular complexity index is 1010. The second kappa shape index (κ2) is 7.01. The molecule has 3 aromatic rings. The van der Waals surface area contributed by atoms with E-state index in [1.807, 2.05) is 61.8 Å². The van der Waals surface area contributed by atoms with Crippen molar-refractivity contribution in [3.63, 3.8) is 0 Å². The molecule has 0 bridgehead atoms. The lowest BCUT2D eigenvalue weighted by Gasteiger charge is -2.00. The smallest absolute Gasteiger partial charge is 0.328 e. The van der Waals surface area contributed by atoms with E-state index in [1.165, 1.54) is 12.2 Å². The van der Waals surface area contributed by atoms with Gasteiger partial charge in [0, 0.05) is 30.6 Å². The summed E-state index contributed by atoms with van der Waals surface area (Å²) in [5.41, 5.74) is 2.22. The molecule has 3 rings (SSSR count). The molecule has 0 amide bonds.